The van der Waals surface area contributed by atoms with Gasteiger partial charge in [-0.2, -0.15) is 0 Å². The molecule has 1 heterocycles. The quantitative estimate of drug-likeness (QED) is 0.755. The molecule has 2 aromatic rings. The maximum Gasteiger partial charge on any atom is 0.408 e. The van der Waals surface area contributed by atoms with Gasteiger partial charge in [0.15, 0.2) is 0 Å². The van der Waals surface area contributed by atoms with Gasteiger partial charge in [-0.25, -0.2) is 9.59 Å². The first kappa shape index (κ1) is 19.6. The molecule has 0 fully saturated rings. The fourth-order valence-corrected chi connectivity index (χ4v) is 3.10. The number of carbonyl (C=O) groups excluding carboxylic acids is 1. The first-order valence-corrected chi connectivity index (χ1v) is 8.42. The molecule has 1 aromatic carbocycles. The summed E-state index contributed by atoms with van der Waals surface area (Å²) in [6.45, 7) is 8.81. The second-order valence-electron chi connectivity index (χ2n) is 7.30. The summed E-state index contributed by atoms with van der Waals surface area (Å²) in [6.07, 6.45) is -0.758. The van der Waals surface area contributed by atoms with Crippen LogP contribution in [0, 0.1) is 6.92 Å². The molecule has 2 atom stereocenters. The van der Waals surface area contributed by atoms with E-state index in [-0.39, 0.29) is 0 Å². The molecular weight excluding hydrogens is 336 g/mol. The standard InChI is InChI=1S/C19H26N2O5/c1-10(15(17(22)23)21-18(24)26-19(3,4)5)14-11(2)20-16-12(14)8-7-9-13(16)25-6/h7-10,15,20H,1-6H3,(H,21,24)(H,22,23)/t10-,15-/m0/s1. The van der Waals surface area contributed by atoms with Crippen molar-refractivity contribution in [3.05, 3.63) is 29.5 Å². The van der Waals surface area contributed by atoms with Crippen LogP contribution in [0.25, 0.3) is 10.9 Å². The summed E-state index contributed by atoms with van der Waals surface area (Å²) < 4.78 is 10.6. The topological polar surface area (TPSA) is 101 Å². The van der Waals surface area contributed by atoms with Crippen molar-refractivity contribution in [2.45, 2.75) is 52.2 Å². The summed E-state index contributed by atoms with van der Waals surface area (Å²) in [7, 11) is 1.58. The molecule has 0 aliphatic heterocycles. The molecule has 0 spiro atoms. The van der Waals surface area contributed by atoms with E-state index in [1.165, 1.54) is 0 Å². The van der Waals surface area contributed by atoms with Crippen LogP contribution >= 0.6 is 0 Å². The van der Waals surface area contributed by atoms with Crippen LogP contribution in [0.3, 0.4) is 0 Å². The molecule has 0 bridgehead atoms. The Labute approximate surface area is 152 Å². The largest absolute Gasteiger partial charge is 0.495 e. The number of para-hydroxylation sites is 1. The Kier molecular flexibility index (Phi) is 5.49. The number of carboxylic acid groups (broad SMARTS) is 1. The third kappa shape index (κ3) is 4.09. The second-order valence-corrected chi connectivity index (χ2v) is 7.30. The number of H-pyrrole nitrogens is 1. The number of hydrogen-bond acceptors (Lipinski definition) is 4. The molecule has 1 amide bonds. The summed E-state index contributed by atoms with van der Waals surface area (Å²) >= 11 is 0. The van der Waals surface area contributed by atoms with Crippen molar-refractivity contribution in [2.24, 2.45) is 0 Å². The number of aromatic nitrogens is 1. The first-order valence-electron chi connectivity index (χ1n) is 8.42. The Balaban J connectivity index is 2.39. The molecule has 0 aliphatic rings. The Morgan fingerprint density at radius 2 is 1.92 bits per heavy atom. The number of fused-ring (bicyclic) bond motifs is 1. The fraction of sp³-hybridized carbons (Fsp3) is 0.474. The highest BCUT2D eigenvalue weighted by Gasteiger charge is 2.32. The molecule has 7 nitrogen and oxygen atoms in total. The van der Waals surface area contributed by atoms with E-state index in [0.717, 1.165) is 22.2 Å². The summed E-state index contributed by atoms with van der Waals surface area (Å²) in [4.78, 5) is 27.1. The Bertz CT molecular complexity index is 819. The number of ether oxygens (including phenoxy) is 2. The minimum absolute atomic E-state index is 0.485. The number of carboxylic acids is 1. The monoisotopic (exact) mass is 362 g/mol. The van der Waals surface area contributed by atoms with E-state index in [4.69, 9.17) is 9.47 Å². The molecule has 142 valence electrons. The minimum Gasteiger partial charge on any atom is -0.495 e. The summed E-state index contributed by atoms with van der Waals surface area (Å²) in [5, 5.41) is 13.0. The lowest BCUT2D eigenvalue weighted by molar-refractivity contribution is -0.140. The van der Waals surface area contributed by atoms with Gasteiger partial charge >= 0.3 is 12.1 Å². The van der Waals surface area contributed by atoms with Crippen LogP contribution in [0.2, 0.25) is 0 Å². The van der Waals surface area contributed by atoms with Gasteiger partial charge in [-0.05, 0) is 39.3 Å². The van der Waals surface area contributed by atoms with Gasteiger partial charge in [0.2, 0.25) is 0 Å². The third-order valence-electron chi connectivity index (χ3n) is 4.15. The van der Waals surface area contributed by atoms with Crippen molar-refractivity contribution in [1.29, 1.82) is 0 Å². The van der Waals surface area contributed by atoms with E-state index < -0.39 is 29.6 Å². The molecule has 0 aliphatic carbocycles. The van der Waals surface area contributed by atoms with Crippen LogP contribution in [0.5, 0.6) is 5.75 Å². The van der Waals surface area contributed by atoms with Crippen LogP contribution in [0.15, 0.2) is 18.2 Å². The van der Waals surface area contributed by atoms with Crippen molar-refractivity contribution in [1.82, 2.24) is 10.3 Å². The molecule has 26 heavy (non-hydrogen) atoms. The molecule has 0 saturated carbocycles. The van der Waals surface area contributed by atoms with Crippen molar-refractivity contribution >= 4 is 23.0 Å². The number of benzene rings is 1. The zero-order chi connectivity index (χ0) is 19.6. The minimum atomic E-state index is -1.13. The fourth-order valence-electron chi connectivity index (χ4n) is 3.10. The van der Waals surface area contributed by atoms with E-state index in [1.54, 1.807) is 34.8 Å². The van der Waals surface area contributed by atoms with Crippen LogP contribution in [-0.2, 0) is 9.53 Å². The van der Waals surface area contributed by atoms with E-state index in [9.17, 15) is 14.7 Å². The van der Waals surface area contributed by atoms with Gasteiger partial charge < -0.3 is 24.9 Å². The maximum atomic E-state index is 12.1. The van der Waals surface area contributed by atoms with E-state index in [2.05, 4.69) is 10.3 Å². The summed E-state index contributed by atoms with van der Waals surface area (Å²) in [5.41, 5.74) is 1.74. The highest BCUT2D eigenvalue weighted by atomic mass is 16.6. The Morgan fingerprint density at radius 3 is 2.46 bits per heavy atom. The maximum absolute atomic E-state index is 12.1. The van der Waals surface area contributed by atoms with E-state index in [1.807, 2.05) is 25.1 Å². The number of hydrogen-bond donors (Lipinski definition) is 3. The molecule has 7 heteroatoms. The van der Waals surface area contributed by atoms with Crippen LogP contribution in [0.1, 0.15) is 44.9 Å². The Hall–Kier alpha value is -2.70. The SMILES string of the molecule is COc1cccc2c([C@H](C)[C@H](NC(=O)OC(C)(C)C)C(=O)O)c(C)[nH]c12. The molecule has 2 rings (SSSR count). The van der Waals surface area contributed by atoms with Gasteiger partial charge in [0.05, 0.1) is 12.6 Å². The van der Waals surface area contributed by atoms with Crippen molar-refractivity contribution in [3.8, 4) is 5.75 Å². The highest BCUT2D eigenvalue weighted by molar-refractivity contribution is 5.91. The summed E-state index contributed by atoms with van der Waals surface area (Å²) in [5.74, 6) is -0.933. The molecule has 0 saturated heterocycles. The normalized spacial score (nSPS) is 13.9. The number of rotatable bonds is 5. The molecule has 3 N–H and O–H groups in total. The number of aliphatic carboxylic acids is 1. The number of alkyl carbamates (subject to hydrolysis) is 1. The summed E-state index contributed by atoms with van der Waals surface area (Å²) in [6, 6.07) is 4.45. The average Bonchev–Trinajstić information content (AvgIpc) is 2.85. The van der Waals surface area contributed by atoms with Crippen LogP contribution < -0.4 is 10.1 Å². The van der Waals surface area contributed by atoms with Gasteiger partial charge in [0, 0.05) is 17.0 Å². The van der Waals surface area contributed by atoms with Crippen molar-refractivity contribution < 1.29 is 24.2 Å². The number of amides is 1. The van der Waals surface area contributed by atoms with Crippen LogP contribution in [0.4, 0.5) is 4.79 Å². The molecule has 0 radical (unpaired) electrons. The lowest BCUT2D eigenvalue weighted by Crippen LogP contribution is -2.46. The lowest BCUT2D eigenvalue weighted by atomic mass is 9.91. The molecule has 1 aromatic heterocycles. The van der Waals surface area contributed by atoms with E-state index in [0.29, 0.717) is 5.75 Å². The zero-order valence-electron chi connectivity index (χ0n) is 16.0. The predicted molar refractivity (Wildman–Crippen MR) is 98.8 cm³/mol. The third-order valence-corrected chi connectivity index (χ3v) is 4.15. The number of aromatic amines is 1. The number of nitrogens with one attached hydrogen (secondary N) is 2. The average molecular weight is 362 g/mol. The van der Waals surface area contributed by atoms with Gasteiger partial charge in [0.1, 0.15) is 17.4 Å². The van der Waals surface area contributed by atoms with Gasteiger partial charge in [-0.3, -0.25) is 0 Å². The first-order chi connectivity index (χ1) is 12.0. The smallest absolute Gasteiger partial charge is 0.408 e. The molecular formula is C19H26N2O5. The molecule has 0 unspecified atom stereocenters. The second kappa shape index (κ2) is 7.27. The lowest BCUT2D eigenvalue weighted by Gasteiger charge is -2.25. The number of carbonyl (C=O) groups is 2. The zero-order valence-corrected chi connectivity index (χ0v) is 16.0. The van der Waals surface area contributed by atoms with Gasteiger partial charge in [0.25, 0.3) is 0 Å². The van der Waals surface area contributed by atoms with E-state index >= 15 is 0 Å². The number of aryl methyl sites for hydroxylation is 1. The highest BCUT2D eigenvalue weighted by Crippen LogP contribution is 2.35. The van der Waals surface area contributed by atoms with Gasteiger partial charge in [-0.15, -0.1) is 0 Å². The van der Waals surface area contributed by atoms with Crippen molar-refractivity contribution in [3.63, 3.8) is 0 Å². The van der Waals surface area contributed by atoms with Crippen LogP contribution in [-0.4, -0.2) is 40.9 Å². The van der Waals surface area contributed by atoms with Crippen molar-refractivity contribution in [2.75, 3.05) is 7.11 Å². The predicted octanol–water partition coefficient (Wildman–Crippen LogP) is 3.57. The number of methoxy groups -OCH3 is 1. The van der Waals surface area contributed by atoms with Gasteiger partial charge in [-0.1, -0.05) is 19.1 Å². The Morgan fingerprint density at radius 1 is 1.27 bits per heavy atom.